The van der Waals surface area contributed by atoms with Gasteiger partial charge in [-0.15, -0.1) is 11.3 Å². The summed E-state index contributed by atoms with van der Waals surface area (Å²) in [6.07, 6.45) is 4.08. The predicted molar refractivity (Wildman–Crippen MR) is 74.0 cm³/mol. The van der Waals surface area contributed by atoms with E-state index in [-0.39, 0.29) is 12.5 Å². The highest BCUT2D eigenvalue weighted by Crippen LogP contribution is 2.28. The summed E-state index contributed by atoms with van der Waals surface area (Å²) in [5, 5.41) is 11.1. The molecule has 0 saturated heterocycles. The van der Waals surface area contributed by atoms with Crippen LogP contribution < -0.4 is 0 Å². The summed E-state index contributed by atoms with van der Waals surface area (Å²) in [5.41, 5.74) is 1.07. The summed E-state index contributed by atoms with van der Waals surface area (Å²) in [6, 6.07) is 2.33. The Labute approximate surface area is 112 Å². The van der Waals surface area contributed by atoms with Crippen LogP contribution in [-0.2, 0) is 0 Å². The van der Waals surface area contributed by atoms with Crippen molar-refractivity contribution in [1.82, 2.24) is 4.90 Å². The number of hydrogen-bond acceptors (Lipinski definition) is 3. The van der Waals surface area contributed by atoms with Gasteiger partial charge in [0.05, 0.1) is 4.88 Å². The fourth-order valence-corrected chi connectivity index (χ4v) is 3.54. The molecule has 1 saturated carbocycles. The van der Waals surface area contributed by atoms with E-state index in [1.54, 1.807) is 0 Å². The fraction of sp³-hybridized carbons (Fsp3) is 0.643. The average molecular weight is 267 g/mol. The molecule has 1 aromatic heterocycles. The van der Waals surface area contributed by atoms with Crippen LogP contribution in [0, 0.1) is 12.8 Å². The highest BCUT2D eigenvalue weighted by Gasteiger charge is 2.27. The number of rotatable bonds is 3. The number of nitrogens with zero attached hydrogens (tertiary/aromatic N) is 1. The molecule has 1 heterocycles. The molecule has 1 aliphatic rings. The van der Waals surface area contributed by atoms with E-state index in [9.17, 15) is 4.79 Å². The SMILES string of the molecule is Cc1ccsc1C(=O)N(C)C1CCC(CO)CC1. The molecule has 18 heavy (non-hydrogen) atoms. The Kier molecular flexibility index (Phi) is 4.40. The van der Waals surface area contributed by atoms with Crippen molar-refractivity contribution in [3.8, 4) is 0 Å². The van der Waals surface area contributed by atoms with Crippen molar-refractivity contribution in [2.45, 2.75) is 38.6 Å². The van der Waals surface area contributed by atoms with Gasteiger partial charge in [0.25, 0.3) is 5.91 Å². The van der Waals surface area contributed by atoms with Gasteiger partial charge in [-0.2, -0.15) is 0 Å². The number of carbonyl (C=O) groups excluding carboxylic acids is 1. The summed E-state index contributed by atoms with van der Waals surface area (Å²) in [4.78, 5) is 15.1. The molecule has 0 spiro atoms. The van der Waals surface area contributed by atoms with Gasteiger partial charge in [0, 0.05) is 19.7 Å². The number of aliphatic hydroxyl groups excluding tert-OH is 1. The van der Waals surface area contributed by atoms with Gasteiger partial charge in [-0.1, -0.05) is 0 Å². The molecule has 0 unspecified atom stereocenters. The van der Waals surface area contributed by atoms with E-state index in [0.29, 0.717) is 12.0 Å². The van der Waals surface area contributed by atoms with E-state index in [4.69, 9.17) is 5.11 Å². The first-order valence-corrected chi connectivity index (χ1v) is 7.43. The van der Waals surface area contributed by atoms with E-state index < -0.39 is 0 Å². The second-order valence-electron chi connectivity index (χ2n) is 5.21. The van der Waals surface area contributed by atoms with Crippen LogP contribution in [0.2, 0.25) is 0 Å². The molecule has 1 N–H and O–H groups in total. The normalized spacial score (nSPS) is 23.9. The Hall–Kier alpha value is -0.870. The predicted octanol–water partition coefficient (Wildman–Crippen LogP) is 2.68. The monoisotopic (exact) mass is 267 g/mol. The Morgan fingerprint density at radius 3 is 2.61 bits per heavy atom. The molecular formula is C14H21NO2S. The maximum Gasteiger partial charge on any atom is 0.264 e. The van der Waals surface area contributed by atoms with Crippen molar-refractivity contribution in [1.29, 1.82) is 0 Å². The zero-order valence-corrected chi connectivity index (χ0v) is 11.9. The third-order valence-electron chi connectivity index (χ3n) is 4.00. The number of hydrogen-bond donors (Lipinski definition) is 1. The first kappa shape index (κ1) is 13.6. The molecule has 1 amide bonds. The molecule has 0 bridgehead atoms. The number of amides is 1. The van der Waals surface area contributed by atoms with Crippen LogP contribution in [0.15, 0.2) is 11.4 Å². The molecule has 4 heteroatoms. The molecule has 0 atom stereocenters. The lowest BCUT2D eigenvalue weighted by atomic mass is 9.86. The smallest absolute Gasteiger partial charge is 0.264 e. The molecule has 1 aliphatic carbocycles. The first-order chi connectivity index (χ1) is 8.63. The molecule has 1 fully saturated rings. The lowest BCUT2D eigenvalue weighted by Crippen LogP contribution is -2.39. The highest BCUT2D eigenvalue weighted by molar-refractivity contribution is 7.12. The van der Waals surface area contributed by atoms with Gasteiger partial charge in [-0.25, -0.2) is 0 Å². The Balaban J connectivity index is 1.98. The largest absolute Gasteiger partial charge is 0.396 e. The van der Waals surface area contributed by atoms with Gasteiger partial charge in [0.2, 0.25) is 0 Å². The highest BCUT2D eigenvalue weighted by atomic mass is 32.1. The minimum atomic E-state index is 0.148. The standard InChI is InChI=1S/C14H21NO2S/c1-10-7-8-18-13(10)14(17)15(2)12-5-3-11(9-16)4-6-12/h7-8,11-12,16H,3-6,9H2,1-2H3. The van der Waals surface area contributed by atoms with Crippen LogP contribution in [0.5, 0.6) is 0 Å². The van der Waals surface area contributed by atoms with Crippen LogP contribution in [0.25, 0.3) is 0 Å². The van der Waals surface area contributed by atoms with Crippen molar-refractivity contribution in [2.75, 3.05) is 13.7 Å². The second kappa shape index (κ2) is 5.85. The van der Waals surface area contributed by atoms with E-state index in [0.717, 1.165) is 36.1 Å². The zero-order chi connectivity index (χ0) is 13.1. The molecule has 0 radical (unpaired) electrons. The van der Waals surface area contributed by atoms with E-state index in [1.165, 1.54) is 11.3 Å². The molecule has 0 aliphatic heterocycles. The summed E-state index contributed by atoms with van der Waals surface area (Å²) < 4.78 is 0. The van der Waals surface area contributed by atoms with Gasteiger partial charge in [-0.05, 0) is 55.5 Å². The van der Waals surface area contributed by atoms with Crippen molar-refractivity contribution >= 4 is 17.2 Å². The molecule has 100 valence electrons. The lowest BCUT2D eigenvalue weighted by Gasteiger charge is -2.34. The maximum absolute atomic E-state index is 12.4. The van der Waals surface area contributed by atoms with Gasteiger partial charge in [0.15, 0.2) is 0 Å². The third kappa shape index (κ3) is 2.75. The molecule has 3 nitrogen and oxygen atoms in total. The zero-order valence-electron chi connectivity index (χ0n) is 11.1. The van der Waals surface area contributed by atoms with Crippen molar-refractivity contribution in [3.05, 3.63) is 21.9 Å². The Bertz CT molecular complexity index is 408. The molecule has 0 aromatic carbocycles. The average Bonchev–Trinajstić information content (AvgIpc) is 2.83. The third-order valence-corrected chi connectivity index (χ3v) is 5.00. The maximum atomic E-state index is 12.4. The van der Waals surface area contributed by atoms with Gasteiger partial charge < -0.3 is 10.0 Å². The van der Waals surface area contributed by atoms with Crippen LogP contribution in [0.1, 0.15) is 40.9 Å². The van der Waals surface area contributed by atoms with Crippen LogP contribution in [0.3, 0.4) is 0 Å². The number of thiophene rings is 1. The molecular weight excluding hydrogens is 246 g/mol. The minimum Gasteiger partial charge on any atom is -0.396 e. The Morgan fingerprint density at radius 2 is 2.11 bits per heavy atom. The van der Waals surface area contributed by atoms with Gasteiger partial charge in [-0.3, -0.25) is 4.79 Å². The van der Waals surface area contributed by atoms with Crippen LogP contribution in [-0.4, -0.2) is 35.6 Å². The van der Waals surface area contributed by atoms with Gasteiger partial charge >= 0.3 is 0 Å². The number of aliphatic hydroxyl groups is 1. The second-order valence-corrected chi connectivity index (χ2v) is 6.12. The van der Waals surface area contributed by atoms with Crippen molar-refractivity contribution in [2.24, 2.45) is 5.92 Å². The molecule has 2 rings (SSSR count). The minimum absolute atomic E-state index is 0.148. The number of aryl methyl sites for hydroxylation is 1. The molecule has 1 aromatic rings. The van der Waals surface area contributed by atoms with Crippen molar-refractivity contribution in [3.63, 3.8) is 0 Å². The first-order valence-electron chi connectivity index (χ1n) is 6.55. The summed E-state index contributed by atoms with van der Waals surface area (Å²) in [5.74, 6) is 0.586. The fourth-order valence-electron chi connectivity index (χ4n) is 2.63. The van der Waals surface area contributed by atoms with Crippen molar-refractivity contribution < 1.29 is 9.90 Å². The van der Waals surface area contributed by atoms with Crippen LogP contribution >= 0.6 is 11.3 Å². The van der Waals surface area contributed by atoms with E-state index in [2.05, 4.69) is 0 Å². The summed E-state index contributed by atoms with van der Waals surface area (Å²) in [6.45, 7) is 2.27. The van der Waals surface area contributed by atoms with E-state index >= 15 is 0 Å². The van der Waals surface area contributed by atoms with Crippen LogP contribution in [0.4, 0.5) is 0 Å². The summed E-state index contributed by atoms with van der Waals surface area (Å²) >= 11 is 1.52. The quantitative estimate of drug-likeness (QED) is 0.914. The van der Waals surface area contributed by atoms with Gasteiger partial charge in [0.1, 0.15) is 0 Å². The lowest BCUT2D eigenvalue weighted by molar-refractivity contribution is 0.0657. The topological polar surface area (TPSA) is 40.5 Å². The van der Waals surface area contributed by atoms with E-state index in [1.807, 2.05) is 30.3 Å². The summed E-state index contributed by atoms with van der Waals surface area (Å²) in [7, 11) is 1.91. The number of carbonyl (C=O) groups is 1. The Morgan fingerprint density at radius 1 is 1.44 bits per heavy atom.